The lowest BCUT2D eigenvalue weighted by molar-refractivity contribution is 0.141. The van der Waals surface area contributed by atoms with Crippen LogP contribution < -0.4 is 0 Å². The van der Waals surface area contributed by atoms with Crippen LogP contribution in [0.3, 0.4) is 0 Å². The van der Waals surface area contributed by atoms with Gasteiger partial charge in [-0.3, -0.25) is 0 Å². The Morgan fingerprint density at radius 3 is 2.47 bits per heavy atom. The Morgan fingerprint density at radius 2 is 2.00 bits per heavy atom. The van der Waals surface area contributed by atoms with Crippen molar-refractivity contribution in [3.8, 4) is 0 Å². The van der Waals surface area contributed by atoms with Gasteiger partial charge in [-0.05, 0) is 25.8 Å². The predicted octanol–water partition coefficient (Wildman–Crippen LogP) is 2.76. The lowest BCUT2D eigenvalue weighted by Gasteiger charge is -2.13. The molecule has 3 heteroatoms. The lowest BCUT2D eigenvalue weighted by atomic mass is 10.1. The van der Waals surface area contributed by atoms with Crippen molar-refractivity contribution in [3.63, 3.8) is 0 Å². The molecule has 15 heavy (non-hydrogen) atoms. The summed E-state index contributed by atoms with van der Waals surface area (Å²) < 4.78 is 14.5. The molecule has 1 aromatic rings. The number of nitrogens with zero attached hydrogens (tertiary/aromatic N) is 1. The van der Waals surface area contributed by atoms with E-state index in [0.29, 0.717) is 5.92 Å². The normalized spacial score (nSPS) is 13.5. The van der Waals surface area contributed by atoms with Crippen molar-refractivity contribution in [2.45, 2.75) is 40.3 Å². The monoisotopic (exact) mass is 213 g/mol. The van der Waals surface area contributed by atoms with Crippen molar-refractivity contribution in [2.24, 2.45) is 5.92 Å². The topological polar surface area (TPSA) is 25.2 Å². The van der Waals surface area contributed by atoms with Crippen molar-refractivity contribution >= 4 is 0 Å². The van der Waals surface area contributed by atoms with Gasteiger partial charge in [-0.1, -0.05) is 13.8 Å². The highest BCUT2D eigenvalue weighted by Gasteiger charge is 2.16. The number of aliphatic hydroxyl groups is 1. The molecule has 0 aliphatic rings. The minimum atomic E-state index is -0.975. The molecular weight excluding hydrogens is 193 g/mol. The summed E-state index contributed by atoms with van der Waals surface area (Å²) in [6.07, 6.45) is -0.975. The summed E-state index contributed by atoms with van der Waals surface area (Å²) in [4.78, 5) is 0. The summed E-state index contributed by atoms with van der Waals surface area (Å²) in [5, 5.41) is 9.49. The van der Waals surface area contributed by atoms with Crippen LogP contribution in [0.5, 0.6) is 0 Å². The molecule has 1 N–H and O–H groups in total. The molecule has 0 radical (unpaired) electrons. The zero-order valence-electron chi connectivity index (χ0n) is 9.92. The standard InChI is InChI=1S/C12H20FNO/c1-8(2)7-14-9(3)5-11(10(14)4)12(15)6-13/h5,8,12,15H,6-7H2,1-4H3. The molecule has 1 atom stereocenters. The second-order valence-corrected chi connectivity index (χ2v) is 4.50. The van der Waals surface area contributed by atoms with Crippen LogP contribution in [0.1, 0.15) is 36.9 Å². The molecule has 86 valence electrons. The summed E-state index contributed by atoms with van der Waals surface area (Å²) in [5.41, 5.74) is 2.78. The molecule has 1 rings (SSSR count). The quantitative estimate of drug-likeness (QED) is 0.817. The van der Waals surface area contributed by atoms with Crippen LogP contribution in [0.15, 0.2) is 6.07 Å². The first-order valence-electron chi connectivity index (χ1n) is 5.38. The van der Waals surface area contributed by atoms with Crippen LogP contribution in [0, 0.1) is 19.8 Å². The third kappa shape index (κ3) is 2.59. The van der Waals surface area contributed by atoms with E-state index in [0.717, 1.165) is 23.5 Å². The van der Waals surface area contributed by atoms with Gasteiger partial charge in [-0.15, -0.1) is 0 Å². The van der Waals surface area contributed by atoms with Crippen LogP contribution in [0.4, 0.5) is 4.39 Å². The van der Waals surface area contributed by atoms with Gasteiger partial charge < -0.3 is 9.67 Å². The summed E-state index contributed by atoms with van der Waals surface area (Å²) in [6, 6.07) is 1.88. The Bertz CT molecular complexity index is 331. The second-order valence-electron chi connectivity index (χ2n) is 4.50. The third-order valence-corrected chi connectivity index (χ3v) is 2.67. The molecule has 0 saturated heterocycles. The molecule has 0 spiro atoms. The van der Waals surface area contributed by atoms with E-state index < -0.39 is 12.8 Å². The number of halogens is 1. The number of hydrogen-bond donors (Lipinski definition) is 1. The minimum absolute atomic E-state index is 0.546. The van der Waals surface area contributed by atoms with Gasteiger partial charge in [-0.25, -0.2) is 4.39 Å². The van der Waals surface area contributed by atoms with E-state index in [1.807, 2.05) is 19.9 Å². The smallest absolute Gasteiger partial charge is 0.120 e. The molecule has 1 aromatic heterocycles. The first-order chi connectivity index (χ1) is 6.97. The van der Waals surface area contributed by atoms with Crippen LogP contribution in [-0.4, -0.2) is 16.3 Å². The van der Waals surface area contributed by atoms with E-state index in [1.54, 1.807) is 0 Å². The van der Waals surface area contributed by atoms with Crippen LogP contribution in [0.25, 0.3) is 0 Å². The highest BCUT2D eigenvalue weighted by atomic mass is 19.1. The van der Waals surface area contributed by atoms with Gasteiger partial charge in [0.05, 0.1) is 0 Å². The zero-order chi connectivity index (χ0) is 11.6. The molecule has 0 bridgehead atoms. The van der Waals surface area contributed by atoms with Gasteiger partial charge in [-0.2, -0.15) is 0 Å². The number of aliphatic hydroxyl groups excluding tert-OH is 1. The summed E-state index contributed by atoms with van der Waals surface area (Å²) in [5.74, 6) is 0.546. The van der Waals surface area contributed by atoms with Gasteiger partial charge in [0.25, 0.3) is 0 Å². The van der Waals surface area contributed by atoms with E-state index >= 15 is 0 Å². The van der Waals surface area contributed by atoms with E-state index in [-0.39, 0.29) is 0 Å². The van der Waals surface area contributed by atoms with Crippen molar-refractivity contribution in [1.29, 1.82) is 0 Å². The van der Waals surface area contributed by atoms with Crippen LogP contribution in [0.2, 0.25) is 0 Å². The molecule has 1 heterocycles. The molecule has 2 nitrogen and oxygen atoms in total. The van der Waals surface area contributed by atoms with E-state index in [4.69, 9.17) is 0 Å². The fourth-order valence-electron chi connectivity index (χ4n) is 1.89. The maximum Gasteiger partial charge on any atom is 0.120 e. The number of aromatic nitrogens is 1. The first kappa shape index (κ1) is 12.2. The SMILES string of the molecule is Cc1cc(C(O)CF)c(C)n1CC(C)C. The van der Waals surface area contributed by atoms with E-state index in [2.05, 4.69) is 18.4 Å². The fraction of sp³-hybridized carbons (Fsp3) is 0.667. The zero-order valence-corrected chi connectivity index (χ0v) is 9.92. The third-order valence-electron chi connectivity index (χ3n) is 2.67. The van der Waals surface area contributed by atoms with E-state index in [1.165, 1.54) is 0 Å². The summed E-state index contributed by atoms with van der Waals surface area (Å²) in [7, 11) is 0. The molecule has 0 aliphatic heterocycles. The predicted molar refractivity (Wildman–Crippen MR) is 59.7 cm³/mol. The van der Waals surface area contributed by atoms with Gasteiger partial charge in [0.1, 0.15) is 12.8 Å². The maximum absolute atomic E-state index is 12.4. The lowest BCUT2D eigenvalue weighted by Crippen LogP contribution is -2.09. The molecule has 0 aromatic carbocycles. The Balaban J connectivity index is 3.03. The largest absolute Gasteiger partial charge is 0.386 e. The Kier molecular flexibility index (Phi) is 3.91. The molecule has 0 aliphatic carbocycles. The average Bonchev–Trinajstić information content (AvgIpc) is 2.44. The number of hydrogen-bond acceptors (Lipinski definition) is 1. The number of rotatable bonds is 4. The van der Waals surface area contributed by atoms with Crippen LogP contribution >= 0.6 is 0 Å². The fourth-order valence-corrected chi connectivity index (χ4v) is 1.89. The minimum Gasteiger partial charge on any atom is -0.386 e. The van der Waals surface area contributed by atoms with Gasteiger partial charge in [0.2, 0.25) is 0 Å². The molecule has 1 unspecified atom stereocenters. The summed E-state index contributed by atoms with van der Waals surface area (Å²) >= 11 is 0. The first-order valence-corrected chi connectivity index (χ1v) is 5.38. The van der Waals surface area contributed by atoms with Gasteiger partial charge >= 0.3 is 0 Å². The van der Waals surface area contributed by atoms with E-state index in [9.17, 15) is 9.50 Å². The molecule has 0 fully saturated rings. The number of aryl methyl sites for hydroxylation is 1. The van der Waals surface area contributed by atoms with Crippen molar-refractivity contribution in [3.05, 3.63) is 23.0 Å². The average molecular weight is 213 g/mol. The molecule has 0 saturated carbocycles. The Hall–Kier alpha value is -0.830. The van der Waals surface area contributed by atoms with Crippen molar-refractivity contribution in [2.75, 3.05) is 6.67 Å². The second kappa shape index (κ2) is 4.79. The van der Waals surface area contributed by atoms with Crippen LogP contribution in [-0.2, 0) is 6.54 Å². The highest BCUT2D eigenvalue weighted by Crippen LogP contribution is 2.23. The summed E-state index contributed by atoms with van der Waals surface area (Å²) in [6.45, 7) is 8.41. The van der Waals surface area contributed by atoms with Gasteiger partial charge in [0, 0.05) is 23.5 Å². The highest BCUT2D eigenvalue weighted by molar-refractivity contribution is 5.28. The van der Waals surface area contributed by atoms with Crippen molar-refractivity contribution < 1.29 is 9.50 Å². The molecular formula is C12H20FNO. The molecule has 0 amide bonds. The number of alkyl halides is 1. The maximum atomic E-state index is 12.4. The van der Waals surface area contributed by atoms with Gasteiger partial charge in [0.15, 0.2) is 0 Å². The Labute approximate surface area is 90.7 Å². The van der Waals surface area contributed by atoms with Crippen molar-refractivity contribution in [1.82, 2.24) is 4.57 Å². The Morgan fingerprint density at radius 1 is 1.40 bits per heavy atom.